The largest absolute Gasteiger partial charge is 0.486 e. The average molecular weight is 354 g/mol. The Morgan fingerprint density at radius 2 is 1.96 bits per heavy atom. The summed E-state index contributed by atoms with van der Waals surface area (Å²) in [5.74, 6) is 1.49. The number of nitrogens with zero attached hydrogens (tertiary/aromatic N) is 1. The van der Waals surface area contributed by atoms with Crippen molar-refractivity contribution in [1.82, 2.24) is 10.2 Å². The zero-order chi connectivity index (χ0) is 18.5. The van der Waals surface area contributed by atoms with E-state index in [2.05, 4.69) is 37.4 Å². The molecule has 0 bridgehead atoms. The van der Waals surface area contributed by atoms with Crippen LogP contribution in [0.3, 0.4) is 0 Å². The highest BCUT2D eigenvalue weighted by atomic mass is 16.6. The lowest BCUT2D eigenvalue weighted by Crippen LogP contribution is -2.47. The summed E-state index contributed by atoms with van der Waals surface area (Å²) in [6.45, 7) is 8.16. The maximum atomic E-state index is 12.6. The van der Waals surface area contributed by atoms with Crippen LogP contribution in [0.1, 0.15) is 23.6 Å². The summed E-state index contributed by atoms with van der Waals surface area (Å²) in [5.41, 5.74) is 3.54. The number of rotatable bonds is 5. The SMILES string of the molecule is CCN(CC1COc2ccccc2O1)C(=O)NCc1ccc(C)cc1C. The molecule has 3 rings (SSSR count). The van der Waals surface area contributed by atoms with Crippen LogP contribution < -0.4 is 14.8 Å². The number of nitrogens with one attached hydrogen (secondary N) is 1. The van der Waals surface area contributed by atoms with Gasteiger partial charge in [-0.25, -0.2) is 4.79 Å². The second-order valence-corrected chi connectivity index (χ2v) is 6.62. The first-order valence-corrected chi connectivity index (χ1v) is 9.04. The van der Waals surface area contributed by atoms with Crippen LogP contribution in [0, 0.1) is 13.8 Å². The molecular weight excluding hydrogens is 328 g/mol. The van der Waals surface area contributed by atoms with Crippen molar-refractivity contribution in [3.05, 3.63) is 59.2 Å². The van der Waals surface area contributed by atoms with Gasteiger partial charge < -0.3 is 19.7 Å². The van der Waals surface area contributed by atoms with Crippen molar-refractivity contribution in [2.75, 3.05) is 19.7 Å². The van der Waals surface area contributed by atoms with Gasteiger partial charge in [0, 0.05) is 13.1 Å². The Morgan fingerprint density at radius 3 is 2.69 bits per heavy atom. The van der Waals surface area contributed by atoms with Crippen LogP contribution >= 0.6 is 0 Å². The standard InChI is InChI=1S/C21H26N2O3/c1-4-23(13-18-14-25-19-7-5-6-8-20(19)26-18)21(24)22-12-17-10-9-15(2)11-16(17)3/h5-11,18H,4,12-14H2,1-3H3,(H,22,24). The Balaban J connectivity index is 1.56. The molecule has 0 saturated heterocycles. The zero-order valence-corrected chi connectivity index (χ0v) is 15.6. The van der Waals surface area contributed by atoms with E-state index in [1.54, 1.807) is 4.90 Å². The maximum absolute atomic E-state index is 12.6. The molecule has 0 radical (unpaired) electrons. The van der Waals surface area contributed by atoms with E-state index in [0.29, 0.717) is 26.2 Å². The van der Waals surface area contributed by atoms with Gasteiger partial charge in [0.25, 0.3) is 0 Å². The van der Waals surface area contributed by atoms with Crippen LogP contribution in [0.2, 0.25) is 0 Å². The fourth-order valence-electron chi connectivity index (χ4n) is 3.08. The second kappa shape index (κ2) is 8.13. The third-order valence-corrected chi connectivity index (χ3v) is 4.59. The smallest absolute Gasteiger partial charge is 0.317 e. The molecule has 0 spiro atoms. The van der Waals surface area contributed by atoms with E-state index in [-0.39, 0.29) is 12.1 Å². The molecule has 0 aliphatic carbocycles. The number of hydrogen-bond acceptors (Lipinski definition) is 3. The van der Waals surface area contributed by atoms with Crippen LogP contribution in [0.15, 0.2) is 42.5 Å². The average Bonchev–Trinajstić information content (AvgIpc) is 2.65. The van der Waals surface area contributed by atoms with Crippen LogP contribution in [0.4, 0.5) is 4.79 Å². The van der Waals surface area contributed by atoms with Crippen LogP contribution in [-0.2, 0) is 6.54 Å². The summed E-state index contributed by atoms with van der Waals surface area (Å²) in [6, 6.07) is 13.8. The molecule has 1 N–H and O–H groups in total. The number of ether oxygens (including phenoxy) is 2. The monoisotopic (exact) mass is 354 g/mol. The van der Waals surface area contributed by atoms with Crippen LogP contribution in [-0.4, -0.2) is 36.7 Å². The van der Waals surface area contributed by atoms with Crippen LogP contribution in [0.5, 0.6) is 11.5 Å². The van der Waals surface area contributed by atoms with E-state index in [0.717, 1.165) is 17.1 Å². The molecule has 26 heavy (non-hydrogen) atoms. The molecule has 1 atom stereocenters. The topological polar surface area (TPSA) is 50.8 Å². The first kappa shape index (κ1) is 18.1. The Bertz CT molecular complexity index is 776. The van der Waals surface area contributed by atoms with Gasteiger partial charge in [-0.1, -0.05) is 35.9 Å². The number of likely N-dealkylation sites (N-methyl/N-ethyl adjacent to an activating group) is 1. The number of hydrogen-bond donors (Lipinski definition) is 1. The van der Waals surface area contributed by atoms with Crippen molar-refractivity contribution < 1.29 is 14.3 Å². The van der Waals surface area contributed by atoms with Crippen molar-refractivity contribution >= 4 is 6.03 Å². The second-order valence-electron chi connectivity index (χ2n) is 6.62. The van der Waals surface area contributed by atoms with Crippen LogP contribution in [0.25, 0.3) is 0 Å². The molecule has 5 nitrogen and oxygen atoms in total. The minimum absolute atomic E-state index is 0.0880. The number of benzene rings is 2. The van der Waals surface area contributed by atoms with E-state index in [1.165, 1.54) is 11.1 Å². The van der Waals surface area contributed by atoms with Gasteiger partial charge in [0.1, 0.15) is 6.61 Å². The van der Waals surface area contributed by atoms with Gasteiger partial charge in [-0.2, -0.15) is 0 Å². The van der Waals surface area contributed by atoms with Crippen molar-refractivity contribution in [1.29, 1.82) is 0 Å². The van der Waals surface area contributed by atoms with E-state index in [4.69, 9.17) is 9.47 Å². The normalized spacial score (nSPS) is 15.4. The first-order chi connectivity index (χ1) is 12.6. The number of urea groups is 1. The molecule has 1 unspecified atom stereocenters. The number of aryl methyl sites for hydroxylation is 2. The van der Waals surface area contributed by atoms with E-state index < -0.39 is 0 Å². The molecule has 2 aromatic carbocycles. The van der Waals surface area contributed by atoms with Crippen molar-refractivity contribution in [2.45, 2.75) is 33.4 Å². The lowest BCUT2D eigenvalue weighted by Gasteiger charge is -2.31. The summed E-state index contributed by atoms with van der Waals surface area (Å²) in [7, 11) is 0. The fourth-order valence-corrected chi connectivity index (χ4v) is 3.08. The molecule has 1 heterocycles. The Hall–Kier alpha value is -2.69. The van der Waals surface area contributed by atoms with Gasteiger partial charge in [-0.15, -0.1) is 0 Å². The minimum atomic E-state index is -0.170. The summed E-state index contributed by atoms with van der Waals surface area (Å²) in [4.78, 5) is 14.3. The maximum Gasteiger partial charge on any atom is 0.317 e. The molecule has 0 saturated carbocycles. The molecule has 2 amide bonds. The molecular formula is C21H26N2O3. The summed E-state index contributed by atoms with van der Waals surface area (Å²) in [6.07, 6.45) is -0.170. The molecule has 0 aromatic heterocycles. The minimum Gasteiger partial charge on any atom is -0.486 e. The number of carbonyl (C=O) groups is 1. The lowest BCUT2D eigenvalue weighted by molar-refractivity contribution is 0.0675. The van der Waals surface area contributed by atoms with Gasteiger partial charge in [0.15, 0.2) is 17.6 Å². The van der Waals surface area contributed by atoms with Crippen molar-refractivity contribution in [3.8, 4) is 11.5 Å². The third-order valence-electron chi connectivity index (χ3n) is 4.59. The van der Waals surface area contributed by atoms with Gasteiger partial charge in [-0.3, -0.25) is 0 Å². The molecule has 5 heteroatoms. The highest BCUT2D eigenvalue weighted by molar-refractivity contribution is 5.74. The Labute approximate surface area is 154 Å². The van der Waals surface area contributed by atoms with E-state index >= 15 is 0 Å². The summed E-state index contributed by atoms with van der Waals surface area (Å²) >= 11 is 0. The van der Waals surface area contributed by atoms with E-state index in [1.807, 2.05) is 31.2 Å². The highest BCUT2D eigenvalue weighted by Gasteiger charge is 2.24. The quantitative estimate of drug-likeness (QED) is 0.891. The molecule has 0 fully saturated rings. The predicted octanol–water partition coefficient (Wildman–Crippen LogP) is 3.67. The highest BCUT2D eigenvalue weighted by Crippen LogP contribution is 2.31. The van der Waals surface area contributed by atoms with Gasteiger partial charge in [0.05, 0.1) is 6.54 Å². The van der Waals surface area contributed by atoms with Gasteiger partial charge >= 0.3 is 6.03 Å². The molecule has 2 aromatic rings. The number of carbonyl (C=O) groups excluding carboxylic acids is 1. The van der Waals surface area contributed by atoms with E-state index in [9.17, 15) is 4.79 Å². The predicted molar refractivity (Wildman–Crippen MR) is 102 cm³/mol. The summed E-state index contributed by atoms with van der Waals surface area (Å²) < 4.78 is 11.7. The van der Waals surface area contributed by atoms with Crippen molar-refractivity contribution in [2.24, 2.45) is 0 Å². The first-order valence-electron chi connectivity index (χ1n) is 9.04. The Morgan fingerprint density at radius 1 is 1.19 bits per heavy atom. The Kier molecular flexibility index (Phi) is 5.66. The third kappa shape index (κ3) is 4.28. The summed E-state index contributed by atoms with van der Waals surface area (Å²) in [5, 5.41) is 3.01. The fraction of sp³-hybridized carbons (Fsp3) is 0.381. The molecule has 1 aliphatic heterocycles. The van der Waals surface area contributed by atoms with Crippen molar-refractivity contribution in [3.63, 3.8) is 0 Å². The van der Waals surface area contributed by atoms with Gasteiger partial charge in [0.2, 0.25) is 0 Å². The number of para-hydroxylation sites is 2. The molecule has 138 valence electrons. The zero-order valence-electron chi connectivity index (χ0n) is 15.6. The number of fused-ring (bicyclic) bond motifs is 1. The number of amides is 2. The lowest BCUT2D eigenvalue weighted by atomic mass is 10.1. The van der Waals surface area contributed by atoms with Gasteiger partial charge in [-0.05, 0) is 44.0 Å². The molecule has 1 aliphatic rings.